The number of H-pyrrole nitrogens is 1. The normalized spacial score (nSPS) is 11.8. The minimum atomic E-state index is -0.313. The summed E-state index contributed by atoms with van der Waals surface area (Å²) < 4.78 is 13.0. The van der Waals surface area contributed by atoms with Crippen LogP contribution in [0.4, 0.5) is 4.39 Å². The number of amides is 1. The SMILES string of the molecule is Cl.NCCC(N)CNC(=O)c1nc2ccc(-c3ccc(F)cc3)cc2[nH]1. The molecule has 6 N–H and O–H groups in total. The summed E-state index contributed by atoms with van der Waals surface area (Å²) in [7, 11) is 0. The molecular formula is C18H21ClFN5O. The Morgan fingerprint density at radius 2 is 1.88 bits per heavy atom. The highest BCUT2D eigenvalue weighted by molar-refractivity contribution is 5.94. The van der Waals surface area contributed by atoms with E-state index in [-0.39, 0.29) is 36.0 Å². The Kier molecular flexibility index (Phi) is 6.68. The molecule has 3 rings (SSSR count). The van der Waals surface area contributed by atoms with Gasteiger partial charge in [0.25, 0.3) is 5.91 Å². The van der Waals surface area contributed by atoms with Gasteiger partial charge in [0.15, 0.2) is 5.82 Å². The highest BCUT2D eigenvalue weighted by Gasteiger charge is 2.13. The van der Waals surface area contributed by atoms with Gasteiger partial charge in [-0.1, -0.05) is 18.2 Å². The van der Waals surface area contributed by atoms with Gasteiger partial charge in [0.1, 0.15) is 5.82 Å². The Bertz CT molecular complexity index is 881. The fraction of sp³-hybridized carbons (Fsp3) is 0.222. The number of fused-ring (bicyclic) bond motifs is 1. The Balaban J connectivity index is 0.00000243. The van der Waals surface area contributed by atoms with Crippen molar-refractivity contribution in [3.8, 4) is 11.1 Å². The molecule has 8 heteroatoms. The Labute approximate surface area is 156 Å². The topological polar surface area (TPSA) is 110 Å². The first-order valence-electron chi connectivity index (χ1n) is 8.06. The molecule has 2 aromatic carbocycles. The summed E-state index contributed by atoms with van der Waals surface area (Å²) in [5.41, 5.74) is 14.5. The number of aromatic nitrogens is 2. The molecule has 138 valence electrons. The maximum atomic E-state index is 13.0. The van der Waals surface area contributed by atoms with Crippen molar-refractivity contribution in [1.82, 2.24) is 15.3 Å². The highest BCUT2D eigenvalue weighted by atomic mass is 35.5. The molecule has 1 atom stereocenters. The molecule has 0 radical (unpaired) electrons. The first-order valence-corrected chi connectivity index (χ1v) is 8.06. The second-order valence-corrected chi connectivity index (χ2v) is 5.87. The van der Waals surface area contributed by atoms with Gasteiger partial charge in [0, 0.05) is 12.6 Å². The number of carbonyl (C=O) groups excluding carboxylic acids is 1. The van der Waals surface area contributed by atoms with Gasteiger partial charge in [-0.2, -0.15) is 0 Å². The molecular weight excluding hydrogens is 357 g/mol. The molecule has 0 spiro atoms. The second kappa shape index (κ2) is 8.75. The Morgan fingerprint density at radius 1 is 1.19 bits per heavy atom. The number of imidazole rings is 1. The molecule has 1 amide bonds. The molecule has 1 unspecified atom stereocenters. The van der Waals surface area contributed by atoms with E-state index in [4.69, 9.17) is 11.5 Å². The number of benzene rings is 2. The number of hydrogen-bond donors (Lipinski definition) is 4. The smallest absolute Gasteiger partial charge is 0.287 e. The lowest BCUT2D eigenvalue weighted by atomic mass is 10.1. The lowest BCUT2D eigenvalue weighted by molar-refractivity contribution is 0.0941. The van der Waals surface area contributed by atoms with Crippen molar-refractivity contribution >= 4 is 29.3 Å². The third-order valence-corrected chi connectivity index (χ3v) is 3.94. The monoisotopic (exact) mass is 377 g/mol. The minimum Gasteiger partial charge on any atom is -0.348 e. The van der Waals surface area contributed by atoms with Crippen molar-refractivity contribution in [3.05, 3.63) is 54.1 Å². The van der Waals surface area contributed by atoms with Gasteiger partial charge in [0.2, 0.25) is 0 Å². The van der Waals surface area contributed by atoms with E-state index in [9.17, 15) is 9.18 Å². The molecule has 0 aliphatic rings. The number of hydrogen-bond acceptors (Lipinski definition) is 4. The van der Waals surface area contributed by atoms with E-state index in [0.29, 0.717) is 25.0 Å². The van der Waals surface area contributed by atoms with Crippen molar-refractivity contribution in [2.24, 2.45) is 11.5 Å². The van der Waals surface area contributed by atoms with E-state index in [1.54, 1.807) is 12.1 Å². The van der Waals surface area contributed by atoms with Crippen molar-refractivity contribution in [2.75, 3.05) is 13.1 Å². The van der Waals surface area contributed by atoms with E-state index in [2.05, 4.69) is 15.3 Å². The van der Waals surface area contributed by atoms with Crippen LogP contribution in [-0.2, 0) is 0 Å². The standard InChI is InChI=1S/C18H20FN5O.ClH/c19-13-4-1-11(2-5-13)12-3-6-15-16(9-12)24-17(23-15)18(25)22-10-14(21)7-8-20;/h1-6,9,14H,7-8,10,20-21H2,(H,22,25)(H,23,24);1H. The number of rotatable bonds is 6. The van der Waals surface area contributed by atoms with Gasteiger partial charge in [-0.05, 0) is 48.4 Å². The van der Waals surface area contributed by atoms with Crippen LogP contribution in [0, 0.1) is 5.82 Å². The molecule has 0 fully saturated rings. The van der Waals surface area contributed by atoms with Gasteiger partial charge in [-0.25, -0.2) is 9.37 Å². The second-order valence-electron chi connectivity index (χ2n) is 5.87. The maximum absolute atomic E-state index is 13.0. The molecule has 1 heterocycles. The van der Waals surface area contributed by atoms with Crippen molar-refractivity contribution in [1.29, 1.82) is 0 Å². The summed E-state index contributed by atoms with van der Waals surface area (Å²) >= 11 is 0. The summed E-state index contributed by atoms with van der Waals surface area (Å²) in [6.45, 7) is 0.821. The zero-order valence-corrected chi connectivity index (χ0v) is 14.9. The van der Waals surface area contributed by atoms with Gasteiger partial charge < -0.3 is 21.8 Å². The van der Waals surface area contributed by atoms with Crippen LogP contribution in [0.3, 0.4) is 0 Å². The number of halogens is 2. The predicted molar refractivity (Wildman–Crippen MR) is 103 cm³/mol. The molecule has 0 aliphatic heterocycles. The summed E-state index contributed by atoms with van der Waals surface area (Å²) in [5, 5.41) is 2.74. The third kappa shape index (κ3) is 4.57. The summed E-state index contributed by atoms with van der Waals surface area (Å²) in [6, 6.07) is 11.6. The lowest BCUT2D eigenvalue weighted by Crippen LogP contribution is -2.38. The average molecular weight is 378 g/mol. The van der Waals surface area contributed by atoms with Crippen LogP contribution in [0.1, 0.15) is 17.0 Å². The van der Waals surface area contributed by atoms with Crippen molar-refractivity contribution in [3.63, 3.8) is 0 Å². The number of nitrogens with two attached hydrogens (primary N) is 2. The minimum absolute atomic E-state index is 0. The van der Waals surface area contributed by atoms with E-state index in [1.807, 2.05) is 18.2 Å². The largest absolute Gasteiger partial charge is 0.348 e. The zero-order valence-electron chi connectivity index (χ0n) is 14.0. The molecule has 1 aromatic heterocycles. The molecule has 0 bridgehead atoms. The van der Waals surface area contributed by atoms with E-state index in [1.165, 1.54) is 12.1 Å². The first kappa shape index (κ1) is 19.8. The van der Waals surface area contributed by atoms with Crippen LogP contribution in [0.25, 0.3) is 22.2 Å². The number of nitrogens with zero attached hydrogens (tertiary/aromatic N) is 1. The summed E-state index contributed by atoms with van der Waals surface area (Å²) in [6.07, 6.45) is 0.640. The lowest BCUT2D eigenvalue weighted by Gasteiger charge is -2.10. The Morgan fingerprint density at radius 3 is 2.58 bits per heavy atom. The molecule has 0 aliphatic carbocycles. The van der Waals surface area contributed by atoms with Gasteiger partial charge in [-0.3, -0.25) is 4.79 Å². The van der Waals surface area contributed by atoms with Gasteiger partial charge >= 0.3 is 0 Å². The molecule has 0 saturated carbocycles. The van der Waals surface area contributed by atoms with Crippen LogP contribution in [-0.4, -0.2) is 35.0 Å². The molecule has 26 heavy (non-hydrogen) atoms. The molecule has 3 aromatic rings. The highest BCUT2D eigenvalue weighted by Crippen LogP contribution is 2.23. The van der Waals surface area contributed by atoms with E-state index >= 15 is 0 Å². The fourth-order valence-corrected chi connectivity index (χ4v) is 2.56. The van der Waals surface area contributed by atoms with Crippen LogP contribution in [0.15, 0.2) is 42.5 Å². The fourth-order valence-electron chi connectivity index (χ4n) is 2.56. The summed E-state index contributed by atoms with van der Waals surface area (Å²) in [5.74, 6) is -0.364. The van der Waals surface area contributed by atoms with E-state index < -0.39 is 0 Å². The van der Waals surface area contributed by atoms with Gasteiger partial charge in [0.05, 0.1) is 11.0 Å². The number of nitrogens with one attached hydrogen (secondary N) is 2. The van der Waals surface area contributed by atoms with Crippen LogP contribution in [0.2, 0.25) is 0 Å². The maximum Gasteiger partial charge on any atom is 0.287 e. The quantitative estimate of drug-likeness (QED) is 0.527. The summed E-state index contributed by atoms with van der Waals surface area (Å²) in [4.78, 5) is 19.5. The molecule has 0 saturated heterocycles. The first-order chi connectivity index (χ1) is 12.1. The van der Waals surface area contributed by atoms with Crippen LogP contribution < -0.4 is 16.8 Å². The average Bonchev–Trinajstić information content (AvgIpc) is 3.04. The predicted octanol–water partition coefficient (Wildman–Crippen LogP) is 2.20. The number of aromatic amines is 1. The zero-order chi connectivity index (χ0) is 17.8. The van der Waals surface area contributed by atoms with E-state index in [0.717, 1.165) is 16.6 Å². The van der Waals surface area contributed by atoms with Crippen molar-refractivity contribution in [2.45, 2.75) is 12.5 Å². The Hall–Kier alpha value is -2.48. The number of carbonyl (C=O) groups is 1. The third-order valence-electron chi connectivity index (χ3n) is 3.94. The molecule has 6 nitrogen and oxygen atoms in total. The van der Waals surface area contributed by atoms with Gasteiger partial charge in [-0.15, -0.1) is 12.4 Å². The van der Waals surface area contributed by atoms with Crippen LogP contribution >= 0.6 is 12.4 Å². The van der Waals surface area contributed by atoms with Crippen molar-refractivity contribution < 1.29 is 9.18 Å². The van der Waals surface area contributed by atoms with Crippen LogP contribution in [0.5, 0.6) is 0 Å².